The molecule has 2 aliphatic rings. The summed E-state index contributed by atoms with van der Waals surface area (Å²) in [5, 5.41) is 15.6. The van der Waals surface area contributed by atoms with Crippen LogP contribution in [0.25, 0.3) is 0 Å². The molecule has 0 amide bonds. The zero-order chi connectivity index (χ0) is 21.5. The van der Waals surface area contributed by atoms with Gasteiger partial charge in [-0.3, -0.25) is 0 Å². The van der Waals surface area contributed by atoms with Gasteiger partial charge in [0.25, 0.3) is 0 Å². The minimum Gasteiger partial charge on any atom is -0.354 e. The van der Waals surface area contributed by atoms with Crippen LogP contribution >= 0.6 is 24.0 Å². The van der Waals surface area contributed by atoms with Crippen LogP contribution in [0.3, 0.4) is 0 Å². The average molecular weight is 552 g/mol. The normalized spacial score (nSPS) is 18.9. The van der Waals surface area contributed by atoms with Gasteiger partial charge >= 0.3 is 0 Å². The Morgan fingerprint density at radius 1 is 1.03 bits per heavy atom. The van der Waals surface area contributed by atoms with E-state index in [1.54, 1.807) is 0 Å². The maximum atomic E-state index is 4.87. The molecule has 2 aromatic rings. The number of nitrogens with one attached hydrogen (secondary N) is 2. The first-order valence-corrected chi connectivity index (χ1v) is 11.9. The van der Waals surface area contributed by atoms with E-state index in [1.165, 1.54) is 63.6 Å². The molecule has 1 aromatic heterocycles. The molecular formula is C24H38IN7. The number of aromatic nitrogens is 3. The SMILES string of the molecule is Cc1nnc(CNC(=NCc2ccccc2)NC2CCN(C3CCCCC3)CC2)n1C.I. The number of likely N-dealkylation sites (tertiary alicyclic amines) is 1. The second-order valence-corrected chi connectivity index (χ2v) is 8.97. The van der Waals surface area contributed by atoms with Crippen molar-refractivity contribution in [3.05, 3.63) is 47.5 Å². The van der Waals surface area contributed by atoms with Gasteiger partial charge in [-0.1, -0.05) is 49.6 Å². The predicted octanol–water partition coefficient (Wildman–Crippen LogP) is 3.77. The van der Waals surface area contributed by atoms with E-state index in [-0.39, 0.29) is 24.0 Å². The second-order valence-electron chi connectivity index (χ2n) is 8.97. The molecule has 1 aliphatic carbocycles. The third-order valence-electron chi connectivity index (χ3n) is 6.82. The maximum Gasteiger partial charge on any atom is 0.192 e. The minimum atomic E-state index is 0. The van der Waals surface area contributed by atoms with Gasteiger partial charge in [0.15, 0.2) is 11.8 Å². The van der Waals surface area contributed by atoms with Crippen molar-refractivity contribution < 1.29 is 0 Å². The molecule has 4 rings (SSSR count). The quantitative estimate of drug-likeness (QED) is 0.325. The van der Waals surface area contributed by atoms with Crippen molar-refractivity contribution in [1.29, 1.82) is 0 Å². The number of aliphatic imine (C=N–C) groups is 1. The van der Waals surface area contributed by atoms with Crippen molar-refractivity contribution in [3.63, 3.8) is 0 Å². The lowest BCUT2D eigenvalue weighted by atomic mass is 9.92. The molecule has 1 aromatic carbocycles. The number of piperidine rings is 1. The fourth-order valence-electron chi connectivity index (χ4n) is 4.72. The van der Waals surface area contributed by atoms with Gasteiger partial charge in [0.1, 0.15) is 5.82 Å². The molecule has 0 spiro atoms. The van der Waals surface area contributed by atoms with E-state index in [9.17, 15) is 0 Å². The Labute approximate surface area is 209 Å². The van der Waals surface area contributed by atoms with E-state index in [4.69, 9.17) is 4.99 Å². The summed E-state index contributed by atoms with van der Waals surface area (Å²) < 4.78 is 2.02. The largest absolute Gasteiger partial charge is 0.354 e. The summed E-state index contributed by atoms with van der Waals surface area (Å²) in [7, 11) is 2.00. The summed E-state index contributed by atoms with van der Waals surface area (Å²) in [5.74, 6) is 2.70. The first kappa shape index (κ1) is 25.0. The van der Waals surface area contributed by atoms with Crippen LogP contribution in [-0.2, 0) is 20.1 Å². The Morgan fingerprint density at radius 2 is 1.75 bits per heavy atom. The number of benzene rings is 1. The Hall–Kier alpha value is -1.68. The van der Waals surface area contributed by atoms with Crippen LogP contribution in [0.4, 0.5) is 0 Å². The van der Waals surface area contributed by atoms with Crippen LogP contribution in [0, 0.1) is 6.92 Å². The monoisotopic (exact) mass is 551 g/mol. The maximum absolute atomic E-state index is 4.87. The average Bonchev–Trinajstić information content (AvgIpc) is 3.15. The van der Waals surface area contributed by atoms with Crippen LogP contribution in [-0.4, -0.2) is 50.8 Å². The molecule has 0 radical (unpaired) electrons. The number of halogens is 1. The molecule has 2 heterocycles. The Kier molecular flexibility index (Phi) is 9.77. The third-order valence-corrected chi connectivity index (χ3v) is 6.82. The van der Waals surface area contributed by atoms with Gasteiger partial charge in [0.05, 0.1) is 13.1 Å². The number of guanidine groups is 1. The second kappa shape index (κ2) is 12.5. The fraction of sp³-hybridized carbons (Fsp3) is 0.625. The topological polar surface area (TPSA) is 70.4 Å². The van der Waals surface area contributed by atoms with Crippen molar-refractivity contribution in [2.45, 2.75) is 77.0 Å². The highest BCUT2D eigenvalue weighted by Crippen LogP contribution is 2.25. The van der Waals surface area contributed by atoms with Crippen molar-refractivity contribution >= 4 is 29.9 Å². The fourth-order valence-corrected chi connectivity index (χ4v) is 4.72. The molecular weight excluding hydrogens is 513 g/mol. The van der Waals surface area contributed by atoms with Gasteiger partial charge in [-0.2, -0.15) is 0 Å². The van der Waals surface area contributed by atoms with Crippen LogP contribution in [0.5, 0.6) is 0 Å². The molecule has 8 heteroatoms. The summed E-state index contributed by atoms with van der Waals surface area (Å²) in [5.41, 5.74) is 1.21. The van der Waals surface area contributed by atoms with Gasteiger partial charge in [0, 0.05) is 32.2 Å². The number of rotatable bonds is 6. The number of hydrogen-bond acceptors (Lipinski definition) is 4. The molecule has 0 unspecified atom stereocenters. The van der Waals surface area contributed by atoms with Gasteiger partial charge in [0.2, 0.25) is 0 Å². The number of nitrogens with zero attached hydrogens (tertiary/aromatic N) is 5. The lowest BCUT2D eigenvalue weighted by molar-refractivity contribution is 0.119. The third kappa shape index (κ3) is 6.91. The molecule has 1 aliphatic heterocycles. The summed E-state index contributed by atoms with van der Waals surface area (Å²) in [4.78, 5) is 7.60. The molecule has 2 fully saturated rings. The molecule has 1 saturated heterocycles. The summed E-state index contributed by atoms with van der Waals surface area (Å²) in [6.07, 6.45) is 9.36. The van der Waals surface area contributed by atoms with E-state index in [1.807, 2.05) is 24.6 Å². The van der Waals surface area contributed by atoms with E-state index in [0.29, 0.717) is 19.1 Å². The van der Waals surface area contributed by atoms with E-state index in [0.717, 1.165) is 23.7 Å². The van der Waals surface area contributed by atoms with Crippen molar-refractivity contribution in [2.24, 2.45) is 12.0 Å². The van der Waals surface area contributed by atoms with Gasteiger partial charge in [-0.15, -0.1) is 34.2 Å². The first-order valence-electron chi connectivity index (χ1n) is 11.9. The van der Waals surface area contributed by atoms with E-state index >= 15 is 0 Å². The summed E-state index contributed by atoms with van der Waals surface area (Å²) in [6.45, 7) is 5.63. The summed E-state index contributed by atoms with van der Waals surface area (Å²) in [6, 6.07) is 11.7. The van der Waals surface area contributed by atoms with Gasteiger partial charge < -0.3 is 20.1 Å². The van der Waals surface area contributed by atoms with Crippen LogP contribution < -0.4 is 10.6 Å². The standard InChI is InChI=1S/C24H37N7.HI/c1-19-28-29-23(30(19)2)18-26-24(25-17-20-9-5-3-6-10-20)27-21-13-15-31(16-14-21)22-11-7-4-8-12-22;/h3,5-6,9-10,21-22H,4,7-8,11-18H2,1-2H3,(H2,25,26,27);1H. The zero-order valence-electron chi connectivity index (χ0n) is 19.5. The smallest absolute Gasteiger partial charge is 0.192 e. The predicted molar refractivity (Wildman–Crippen MR) is 140 cm³/mol. The molecule has 32 heavy (non-hydrogen) atoms. The minimum absolute atomic E-state index is 0. The molecule has 1 saturated carbocycles. The Balaban J connectivity index is 0.00000289. The zero-order valence-corrected chi connectivity index (χ0v) is 21.8. The number of hydrogen-bond donors (Lipinski definition) is 2. The Morgan fingerprint density at radius 3 is 2.41 bits per heavy atom. The van der Waals surface area contributed by atoms with Crippen LogP contribution in [0.2, 0.25) is 0 Å². The number of aryl methyl sites for hydroxylation is 1. The molecule has 176 valence electrons. The lowest BCUT2D eigenvalue weighted by Gasteiger charge is -2.39. The molecule has 7 nitrogen and oxygen atoms in total. The van der Waals surface area contributed by atoms with Crippen LogP contribution in [0.1, 0.15) is 62.2 Å². The lowest BCUT2D eigenvalue weighted by Crippen LogP contribution is -2.51. The molecule has 0 atom stereocenters. The van der Waals surface area contributed by atoms with Gasteiger partial charge in [-0.25, -0.2) is 4.99 Å². The van der Waals surface area contributed by atoms with Gasteiger partial charge in [-0.05, 0) is 38.2 Å². The van der Waals surface area contributed by atoms with Crippen molar-refractivity contribution in [1.82, 2.24) is 30.3 Å². The van der Waals surface area contributed by atoms with Crippen molar-refractivity contribution in [2.75, 3.05) is 13.1 Å². The van der Waals surface area contributed by atoms with E-state index in [2.05, 4.69) is 50.0 Å². The van der Waals surface area contributed by atoms with Crippen molar-refractivity contribution in [3.8, 4) is 0 Å². The highest BCUT2D eigenvalue weighted by atomic mass is 127. The summed E-state index contributed by atoms with van der Waals surface area (Å²) >= 11 is 0. The highest BCUT2D eigenvalue weighted by molar-refractivity contribution is 14.0. The highest BCUT2D eigenvalue weighted by Gasteiger charge is 2.26. The Bertz CT molecular complexity index is 837. The molecule has 2 N–H and O–H groups in total. The first-order chi connectivity index (χ1) is 15.2. The molecule has 0 bridgehead atoms. The van der Waals surface area contributed by atoms with Crippen LogP contribution in [0.15, 0.2) is 35.3 Å². The van der Waals surface area contributed by atoms with E-state index < -0.39 is 0 Å².